The van der Waals surface area contributed by atoms with Crippen LogP contribution >= 0.6 is 0 Å². The van der Waals surface area contributed by atoms with Gasteiger partial charge in [-0.3, -0.25) is 14.7 Å². The number of rotatable bonds is 5. The first-order valence-electron chi connectivity index (χ1n) is 8.40. The number of nitrogens with zero attached hydrogens (tertiary/aromatic N) is 2. The van der Waals surface area contributed by atoms with Gasteiger partial charge in [0.15, 0.2) is 0 Å². The van der Waals surface area contributed by atoms with E-state index in [0.717, 1.165) is 16.6 Å². The Bertz CT molecular complexity index is 1150. The minimum absolute atomic E-state index is 0.0732. The van der Waals surface area contributed by atoms with Crippen molar-refractivity contribution in [3.05, 3.63) is 64.8 Å². The zero-order valence-electron chi connectivity index (χ0n) is 14.0. The van der Waals surface area contributed by atoms with E-state index in [4.69, 9.17) is 0 Å². The number of benzene rings is 2. The molecule has 2 aromatic heterocycles. The van der Waals surface area contributed by atoms with Crippen LogP contribution in [0.1, 0.15) is 18.7 Å². The molecule has 26 heavy (non-hydrogen) atoms. The van der Waals surface area contributed by atoms with E-state index in [9.17, 15) is 9.59 Å². The predicted molar refractivity (Wildman–Crippen MR) is 100 cm³/mol. The highest BCUT2D eigenvalue weighted by atomic mass is 16.1. The largest absolute Gasteiger partial charge is 0.326 e. The van der Waals surface area contributed by atoms with E-state index >= 15 is 0 Å². The highest BCUT2D eigenvalue weighted by Crippen LogP contribution is 2.17. The molecule has 7 heteroatoms. The number of hydrogen-bond acceptors (Lipinski definition) is 4. The van der Waals surface area contributed by atoms with Crippen LogP contribution in [-0.4, -0.2) is 26.1 Å². The summed E-state index contributed by atoms with van der Waals surface area (Å²) in [7, 11) is 0. The number of nitrogens with one attached hydrogen (secondary N) is 3. The molecule has 2 aromatic carbocycles. The topological polar surface area (TPSA) is 104 Å². The number of carbonyl (C=O) groups excluding carboxylic acids is 1. The predicted octanol–water partition coefficient (Wildman–Crippen LogP) is 2.76. The summed E-state index contributed by atoms with van der Waals surface area (Å²) in [4.78, 5) is 31.4. The number of anilines is 1. The zero-order chi connectivity index (χ0) is 17.9. The lowest BCUT2D eigenvalue weighted by atomic mass is 10.2. The molecule has 1 amide bonds. The summed E-state index contributed by atoms with van der Waals surface area (Å²) >= 11 is 0. The second-order valence-electron chi connectivity index (χ2n) is 6.10. The Morgan fingerprint density at radius 1 is 1.15 bits per heavy atom. The van der Waals surface area contributed by atoms with Gasteiger partial charge in [-0.05, 0) is 36.8 Å². The molecule has 0 fully saturated rings. The third-order valence-corrected chi connectivity index (χ3v) is 4.20. The van der Waals surface area contributed by atoms with Gasteiger partial charge in [0, 0.05) is 23.9 Å². The van der Waals surface area contributed by atoms with Gasteiger partial charge in [0.2, 0.25) is 5.91 Å². The molecule has 0 radical (unpaired) electrons. The van der Waals surface area contributed by atoms with Crippen LogP contribution in [0.15, 0.2) is 53.5 Å². The van der Waals surface area contributed by atoms with Gasteiger partial charge in [0.1, 0.15) is 5.82 Å². The first-order chi connectivity index (χ1) is 12.7. The van der Waals surface area contributed by atoms with Crippen molar-refractivity contribution in [2.75, 3.05) is 5.32 Å². The first-order valence-corrected chi connectivity index (χ1v) is 8.40. The van der Waals surface area contributed by atoms with Crippen LogP contribution in [0.4, 0.5) is 5.69 Å². The summed E-state index contributed by atoms with van der Waals surface area (Å²) in [5.41, 5.74) is 2.18. The molecule has 0 aliphatic heterocycles. The quantitative estimate of drug-likeness (QED) is 0.516. The van der Waals surface area contributed by atoms with Crippen molar-refractivity contribution >= 4 is 33.4 Å². The SMILES string of the molecule is O=C(CCCc1nc2ccccc2c(=O)[nH]1)Nc1ccc2[nH]ncc2c1. The molecule has 0 aliphatic carbocycles. The summed E-state index contributed by atoms with van der Waals surface area (Å²) < 4.78 is 0. The molecule has 0 unspecified atom stereocenters. The van der Waals surface area contributed by atoms with Crippen LogP contribution < -0.4 is 10.9 Å². The zero-order valence-corrected chi connectivity index (χ0v) is 14.0. The van der Waals surface area contributed by atoms with Crippen LogP contribution in [0.25, 0.3) is 21.8 Å². The van der Waals surface area contributed by atoms with E-state index in [1.54, 1.807) is 12.3 Å². The second-order valence-corrected chi connectivity index (χ2v) is 6.10. The Morgan fingerprint density at radius 2 is 2.04 bits per heavy atom. The molecule has 0 saturated carbocycles. The lowest BCUT2D eigenvalue weighted by Gasteiger charge is -2.06. The Balaban J connectivity index is 1.36. The maximum atomic E-state index is 12.1. The summed E-state index contributed by atoms with van der Waals surface area (Å²) in [5.74, 6) is 0.525. The number of amides is 1. The molecule has 0 atom stereocenters. The molecule has 0 spiro atoms. The smallest absolute Gasteiger partial charge is 0.258 e. The lowest BCUT2D eigenvalue weighted by Crippen LogP contribution is -2.14. The summed E-state index contributed by atoms with van der Waals surface area (Å²) in [5, 5.41) is 11.2. The molecule has 130 valence electrons. The minimum atomic E-state index is -0.150. The van der Waals surface area contributed by atoms with Crippen LogP contribution in [0.5, 0.6) is 0 Å². The van der Waals surface area contributed by atoms with Gasteiger partial charge in [-0.25, -0.2) is 4.98 Å². The van der Waals surface area contributed by atoms with E-state index in [1.165, 1.54) is 0 Å². The lowest BCUT2D eigenvalue weighted by molar-refractivity contribution is -0.116. The molecule has 4 aromatic rings. The molecule has 2 heterocycles. The van der Waals surface area contributed by atoms with Crippen LogP contribution in [0, 0.1) is 0 Å². The van der Waals surface area contributed by atoms with Crippen molar-refractivity contribution in [1.29, 1.82) is 0 Å². The Morgan fingerprint density at radius 3 is 2.96 bits per heavy atom. The molecule has 0 saturated heterocycles. The third-order valence-electron chi connectivity index (χ3n) is 4.20. The number of para-hydroxylation sites is 1. The number of carbonyl (C=O) groups is 1. The van der Waals surface area contributed by atoms with E-state index < -0.39 is 0 Å². The number of H-pyrrole nitrogens is 2. The Hall–Kier alpha value is -3.48. The minimum Gasteiger partial charge on any atom is -0.326 e. The van der Waals surface area contributed by atoms with Gasteiger partial charge in [-0.15, -0.1) is 0 Å². The molecule has 0 aliphatic rings. The Labute approximate surface area is 148 Å². The van der Waals surface area contributed by atoms with E-state index in [-0.39, 0.29) is 11.5 Å². The number of hydrogen-bond donors (Lipinski definition) is 3. The fraction of sp³-hybridized carbons (Fsp3) is 0.158. The maximum Gasteiger partial charge on any atom is 0.258 e. The van der Waals surface area contributed by atoms with E-state index in [1.807, 2.05) is 36.4 Å². The number of aromatic amines is 2. The standard InChI is InChI=1S/C19H17N5O2/c25-18(21-13-8-9-15-12(10-13)11-20-24-15)7-3-6-17-22-16-5-2-1-4-14(16)19(26)23-17/h1-2,4-5,8-11H,3,6-7H2,(H,20,24)(H,21,25)(H,22,23,26). The van der Waals surface area contributed by atoms with Gasteiger partial charge < -0.3 is 10.3 Å². The fourth-order valence-corrected chi connectivity index (χ4v) is 2.91. The molecule has 7 nitrogen and oxygen atoms in total. The van der Waals surface area contributed by atoms with Gasteiger partial charge in [0.25, 0.3) is 5.56 Å². The molecular weight excluding hydrogens is 330 g/mol. The fourth-order valence-electron chi connectivity index (χ4n) is 2.91. The molecular formula is C19H17N5O2. The molecule has 0 bridgehead atoms. The number of aromatic nitrogens is 4. The summed E-state index contributed by atoms with van der Waals surface area (Å²) in [6.45, 7) is 0. The van der Waals surface area contributed by atoms with Crippen LogP contribution in [0.3, 0.4) is 0 Å². The van der Waals surface area contributed by atoms with Crippen molar-refractivity contribution in [3.8, 4) is 0 Å². The summed E-state index contributed by atoms with van der Waals surface area (Å²) in [6.07, 6.45) is 3.20. The highest BCUT2D eigenvalue weighted by molar-refractivity contribution is 5.93. The average molecular weight is 347 g/mol. The van der Waals surface area contributed by atoms with Gasteiger partial charge in [-0.1, -0.05) is 12.1 Å². The van der Waals surface area contributed by atoms with Crippen molar-refractivity contribution in [2.45, 2.75) is 19.3 Å². The van der Waals surface area contributed by atoms with Crippen molar-refractivity contribution in [3.63, 3.8) is 0 Å². The van der Waals surface area contributed by atoms with Crippen molar-refractivity contribution in [2.24, 2.45) is 0 Å². The van der Waals surface area contributed by atoms with Gasteiger partial charge >= 0.3 is 0 Å². The first kappa shape index (κ1) is 16.0. The maximum absolute atomic E-state index is 12.1. The van der Waals surface area contributed by atoms with Gasteiger partial charge in [0.05, 0.1) is 22.6 Å². The average Bonchev–Trinajstić information content (AvgIpc) is 3.09. The number of fused-ring (bicyclic) bond motifs is 2. The number of aryl methyl sites for hydroxylation is 1. The monoisotopic (exact) mass is 347 g/mol. The molecule has 4 rings (SSSR count). The van der Waals surface area contributed by atoms with Crippen molar-refractivity contribution < 1.29 is 4.79 Å². The van der Waals surface area contributed by atoms with Gasteiger partial charge in [-0.2, -0.15) is 5.10 Å². The van der Waals surface area contributed by atoms with E-state index in [0.29, 0.717) is 36.0 Å². The second kappa shape index (κ2) is 6.79. The highest BCUT2D eigenvalue weighted by Gasteiger charge is 2.07. The third kappa shape index (κ3) is 3.32. The Kier molecular flexibility index (Phi) is 4.18. The summed E-state index contributed by atoms with van der Waals surface area (Å²) in [6, 6.07) is 12.8. The van der Waals surface area contributed by atoms with E-state index in [2.05, 4.69) is 25.5 Å². The van der Waals surface area contributed by atoms with Crippen LogP contribution in [0.2, 0.25) is 0 Å². The normalized spacial score (nSPS) is 11.1. The van der Waals surface area contributed by atoms with Crippen molar-refractivity contribution in [1.82, 2.24) is 20.2 Å². The van der Waals surface area contributed by atoms with Crippen LogP contribution in [-0.2, 0) is 11.2 Å². The molecule has 3 N–H and O–H groups in total.